The van der Waals surface area contributed by atoms with Gasteiger partial charge in [-0.15, -0.1) is 0 Å². The van der Waals surface area contributed by atoms with E-state index in [0.717, 1.165) is 5.56 Å². The van der Waals surface area contributed by atoms with Gasteiger partial charge in [-0.05, 0) is 19.1 Å². The normalized spacial score (nSPS) is 10.8. The van der Waals surface area contributed by atoms with Gasteiger partial charge in [-0.1, -0.05) is 23.4 Å². The van der Waals surface area contributed by atoms with Crippen molar-refractivity contribution < 1.29 is 9.63 Å². The van der Waals surface area contributed by atoms with Crippen LogP contribution >= 0.6 is 0 Å². The van der Waals surface area contributed by atoms with Crippen LogP contribution < -0.4 is 0 Å². The first-order valence-corrected chi connectivity index (χ1v) is 5.79. The van der Waals surface area contributed by atoms with Gasteiger partial charge < -0.3 is 9.63 Å². The zero-order chi connectivity index (χ0) is 13.4. The van der Waals surface area contributed by atoms with Gasteiger partial charge in [-0.3, -0.25) is 0 Å². The third kappa shape index (κ3) is 1.87. The van der Waals surface area contributed by atoms with Crippen LogP contribution in [-0.4, -0.2) is 25.0 Å². The Morgan fingerprint density at radius 2 is 1.95 bits per heavy atom. The molecule has 0 saturated carbocycles. The maximum absolute atomic E-state index is 9.93. The summed E-state index contributed by atoms with van der Waals surface area (Å²) in [5.41, 5.74) is 1.98. The lowest BCUT2D eigenvalue weighted by atomic mass is 10.2. The van der Waals surface area contributed by atoms with E-state index in [1.807, 2.05) is 30.3 Å². The van der Waals surface area contributed by atoms with E-state index in [1.54, 1.807) is 14.0 Å². The second kappa shape index (κ2) is 4.24. The largest absolute Gasteiger partial charge is 0.493 e. The number of rotatable bonds is 2. The Labute approximate surface area is 109 Å². The molecule has 0 aliphatic rings. The minimum Gasteiger partial charge on any atom is -0.493 e. The van der Waals surface area contributed by atoms with Gasteiger partial charge in [0, 0.05) is 12.6 Å². The molecule has 1 aromatic carbocycles. The van der Waals surface area contributed by atoms with Gasteiger partial charge in [0.15, 0.2) is 0 Å². The fourth-order valence-corrected chi connectivity index (χ4v) is 1.93. The van der Waals surface area contributed by atoms with Crippen molar-refractivity contribution in [1.29, 1.82) is 0 Å². The lowest BCUT2D eigenvalue weighted by Gasteiger charge is -1.93. The monoisotopic (exact) mass is 256 g/mol. The van der Waals surface area contributed by atoms with Crippen LogP contribution in [0.5, 0.6) is 5.88 Å². The van der Waals surface area contributed by atoms with E-state index < -0.39 is 0 Å². The Kier molecular flexibility index (Phi) is 2.56. The third-order valence-electron chi connectivity index (χ3n) is 2.86. The summed E-state index contributed by atoms with van der Waals surface area (Å²) in [4.78, 5) is 4.29. The molecule has 6 nitrogen and oxygen atoms in total. The number of nitrogens with zero attached hydrogens (tertiary/aromatic N) is 4. The zero-order valence-corrected chi connectivity index (χ0v) is 10.5. The lowest BCUT2D eigenvalue weighted by Crippen LogP contribution is -1.88. The Morgan fingerprint density at radius 3 is 2.58 bits per heavy atom. The zero-order valence-electron chi connectivity index (χ0n) is 10.5. The molecule has 6 heteroatoms. The molecule has 19 heavy (non-hydrogen) atoms. The molecule has 0 aliphatic carbocycles. The van der Waals surface area contributed by atoms with Gasteiger partial charge in [0.1, 0.15) is 5.56 Å². The first-order valence-electron chi connectivity index (χ1n) is 5.79. The first-order chi connectivity index (χ1) is 9.16. The second-order valence-corrected chi connectivity index (χ2v) is 4.20. The van der Waals surface area contributed by atoms with E-state index in [4.69, 9.17) is 4.52 Å². The van der Waals surface area contributed by atoms with Gasteiger partial charge in [-0.2, -0.15) is 10.1 Å². The van der Waals surface area contributed by atoms with Crippen molar-refractivity contribution >= 4 is 0 Å². The van der Waals surface area contributed by atoms with Crippen molar-refractivity contribution in [3.8, 4) is 28.7 Å². The first kappa shape index (κ1) is 11.5. The highest BCUT2D eigenvalue weighted by Gasteiger charge is 2.20. The van der Waals surface area contributed by atoms with Gasteiger partial charge in [0.05, 0.1) is 5.69 Å². The van der Waals surface area contributed by atoms with Crippen molar-refractivity contribution in [1.82, 2.24) is 19.9 Å². The summed E-state index contributed by atoms with van der Waals surface area (Å²) in [6.07, 6.45) is 0. The highest BCUT2D eigenvalue weighted by molar-refractivity contribution is 5.66. The molecular weight excluding hydrogens is 244 g/mol. The maximum Gasteiger partial charge on any atom is 0.258 e. The van der Waals surface area contributed by atoms with Crippen LogP contribution in [0.3, 0.4) is 0 Å². The summed E-state index contributed by atoms with van der Waals surface area (Å²) in [5, 5.41) is 17.9. The predicted molar refractivity (Wildman–Crippen MR) is 68.3 cm³/mol. The standard InChI is InChI=1S/C13H12N4O2/c1-8-10(13(18)17(2)15-8)11-14-12(19-16-11)9-6-4-3-5-7-9/h3-7,18H,1-2H3. The topological polar surface area (TPSA) is 77.0 Å². The van der Waals surface area contributed by atoms with E-state index in [1.165, 1.54) is 4.68 Å². The van der Waals surface area contributed by atoms with Gasteiger partial charge in [0.2, 0.25) is 11.7 Å². The molecule has 0 spiro atoms. The molecule has 3 rings (SSSR count). The number of aryl methyl sites for hydroxylation is 2. The van der Waals surface area contributed by atoms with Gasteiger partial charge in [-0.25, -0.2) is 4.68 Å². The fourth-order valence-electron chi connectivity index (χ4n) is 1.93. The average Bonchev–Trinajstić information content (AvgIpc) is 2.97. The molecule has 0 bridgehead atoms. The van der Waals surface area contributed by atoms with Crippen molar-refractivity contribution in [2.24, 2.45) is 7.05 Å². The highest BCUT2D eigenvalue weighted by Crippen LogP contribution is 2.30. The second-order valence-electron chi connectivity index (χ2n) is 4.20. The maximum atomic E-state index is 9.93. The number of aromatic hydroxyl groups is 1. The highest BCUT2D eigenvalue weighted by atomic mass is 16.5. The molecule has 0 atom stereocenters. The quantitative estimate of drug-likeness (QED) is 0.760. The molecular formula is C13H12N4O2. The Bertz CT molecular complexity index is 716. The van der Waals surface area contributed by atoms with Crippen LogP contribution in [0.4, 0.5) is 0 Å². The Balaban J connectivity index is 2.07. The molecule has 1 N–H and O–H groups in total. The molecule has 0 aliphatic heterocycles. The van der Waals surface area contributed by atoms with E-state index >= 15 is 0 Å². The number of hydrogen-bond donors (Lipinski definition) is 1. The summed E-state index contributed by atoms with van der Waals surface area (Å²) in [6.45, 7) is 1.79. The Hall–Kier alpha value is -2.63. The predicted octanol–water partition coefficient (Wildman–Crippen LogP) is 2.15. The molecule has 2 heterocycles. The number of hydrogen-bond acceptors (Lipinski definition) is 5. The van der Waals surface area contributed by atoms with E-state index in [9.17, 15) is 5.11 Å². The summed E-state index contributed by atoms with van der Waals surface area (Å²) in [6, 6.07) is 9.47. The van der Waals surface area contributed by atoms with Gasteiger partial charge >= 0.3 is 0 Å². The smallest absolute Gasteiger partial charge is 0.258 e. The van der Waals surface area contributed by atoms with Crippen LogP contribution in [0.15, 0.2) is 34.9 Å². The van der Waals surface area contributed by atoms with Crippen LogP contribution in [0.25, 0.3) is 22.8 Å². The molecule has 96 valence electrons. The fraction of sp³-hybridized carbons (Fsp3) is 0.154. The molecule has 0 unspecified atom stereocenters. The number of benzene rings is 1. The molecule has 3 aromatic rings. The molecule has 0 radical (unpaired) electrons. The minimum atomic E-state index is 0.0258. The van der Waals surface area contributed by atoms with Crippen LogP contribution in [-0.2, 0) is 7.05 Å². The van der Waals surface area contributed by atoms with E-state index in [-0.39, 0.29) is 5.88 Å². The van der Waals surface area contributed by atoms with Crippen LogP contribution in [0.2, 0.25) is 0 Å². The van der Waals surface area contributed by atoms with Gasteiger partial charge in [0.25, 0.3) is 5.89 Å². The van der Waals surface area contributed by atoms with Crippen molar-refractivity contribution in [2.45, 2.75) is 6.92 Å². The molecule has 2 aromatic heterocycles. The molecule has 0 amide bonds. The van der Waals surface area contributed by atoms with Crippen LogP contribution in [0, 0.1) is 6.92 Å². The molecule has 0 fully saturated rings. The summed E-state index contributed by atoms with van der Waals surface area (Å²) < 4.78 is 6.59. The summed E-state index contributed by atoms with van der Waals surface area (Å²) in [7, 11) is 1.66. The van der Waals surface area contributed by atoms with Crippen molar-refractivity contribution in [3.05, 3.63) is 36.0 Å². The van der Waals surface area contributed by atoms with E-state index in [0.29, 0.717) is 23.0 Å². The number of aromatic nitrogens is 4. The third-order valence-corrected chi connectivity index (χ3v) is 2.86. The SMILES string of the molecule is Cc1nn(C)c(O)c1-c1noc(-c2ccccc2)n1. The van der Waals surface area contributed by atoms with Crippen molar-refractivity contribution in [2.75, 3.05) is 0 Å². The van der Waals surface area contributed by atoms with E-state index in [2.05, 4.69) is 15.2 Å². The summed E-state index contributed by atoms with van der Waals surface area (Å²) in [5.74, 6) is 0.776. The summed E-state index contributed by atoms with van der Waals surface area (Å²) >= 11 is 0. The van der Waals surface area contributed by atoms with Crippen LogP contribution in [0.1, 0.15) is 5.69 Å². The average molecular weight is 256 g/mol. The lowest BCUT2D eigenvalue weighted by molar-refractivity contribution is 0.417. The molecule has 0 saturated heterocycles. The van der Waals surface area contributed by atoms with Crippen molar-refractivity contribution in [3.63, 3.8) is 0 Å². The Morgan fingerprint density at radius 1 is 1.21 bits per heavy atom. The minimum absolute atomic E-state index is 0.0258.